The molecule has 0 saturated heterocycles. The molecule has 4 heterocycles. The number of benzene rings is 2. The minimum atomic E-state index is -0.379. The molecule has 0 fully saturated rings. The zero-order chi connectivity index (χ0) is 28.2. The lowest BCUT2D eigenvalue weighted by atomic mass is 10.1. The van der Waals surface area contributed by atoms with Gasteiger partial charge in [0.05, 0.1) is 5.02 Å². The van der Waals surface area contributed by atoms with Crippen molar-refractivity contribution in [1.82, 2.24) is 20.1 Å². The van der Waals surface area contributed by atoms with Crippen LogP contribution >= 0.6 is 11.6 Å². The quantitative estimate of drug-likeness (QED) is 0.192. The van der Waals surface area contributed by atoms with Crippen molar-refractivity contribution in [2.45, 2.75) is 52.7 Å². The topological polar surface area (TPSA) is 102 Å². The molecular formula is C30H30ClFN4O4. The van der Waals surface area contributed by atoms with Crippen LogP contribution in [0.5, 0.6) is 11.5 Å². The van der Waals surface area contributed by atoms with Gasteiger partial charge >= 0.3 is 0 Å². The third kappa shape index (κ3) is 6.31. The van der Waals surface area contributed by atoms with Crippen LogP contribution in [-0.2, 0) is 13.2 Å². The number of nitrogens with one attached hydrogen (secondary N) is 2. The summed E-state index contributed by atoms with van der Waals surface area (Å²) in [6.07, 6.45) is 4.31. The van der Waals surface area contributed by atoms with E-state index in [1.54, 1.807) is 12.1 Å². The summed E-state index contributed by atoms with van der Waals surface area (Å²) in [6.45, 7) is 8.98. The maximum absolute atomic E-state index is 14.0. The van der Waals surface area contributed by atoms with Gasteiger partial charge in [-0.25, -0.2) is 9.37 Å². The molecule has 2 aromatic carbocycles. The summed E-state index contributed by atoms with van der Waals surface area (Å²) in [6, 6.07) is 12.8. The Bertz CT molecular complexity index is 1560. The average molecular weight is 565 g/mol. The number of hydrogen-bond acceptors (Lipinski definition) is 6. The highest BCUT2D eigenvalue weighted by Crippen LogP contribution is 2.32. The van der Waals surface area contributed by atoms with E-state index in [1.807, 2.05) is 18.2 Å². The van der Waals surface area contributed by atoms with Crippen molar-refractivity contribution in [3.05, 3.63) is 95.0 Å². The molecule has 40 heavy (non-hydrogen) atoms. The van der Waals surface area contributed by atoms with Gasteiger partial charge in [-0.2, -0.15) is 0 Å². The van der Waals surface area contributed by atoms with Gasteiger partial charge in [0.25, 0.3) is 0 Å². The van der Waals surface area contributed by atoms with Crippen molar-refractivity contribution in [1.29, 1.82) is 0 Å². The first-order valence-electron chi connectivity index (χ1n) is 12.9. The molecule has 0 saturated carbocycles. The molecule has 0 aliphatic rings. The Morgan fingerprint density at radius 3 is 2.08 bits per heavy atom. The minimum absolute atomic E-state index is 0.177. The van der Waals surface area contributed by atoms with E-state index in [-0.39, 0.29) is 18.2 Å². The van der Waals surface area contributed by atoms with Crippen LogP contribution in [-0.4, -0.2) is 20.1 Å². The first-order chi connectivity index (χ1) is 19.3. The van der Waals surface area contributed by atoms with E-state index < -0.39 is 0 Å². The number of aromatic nitrogens is 4. The summed E-state index contributed by atoms with van der Waals surface area (Å²) in [5.74, 6) is 1.28. The molecule has 0 spiro atoms. The molecule has 0 unspecified atom stereocenters. The fraction of sp³-hybridized carbons (Fsp3) is 0.267. The van der Waals surface area contributed by atoms with Gasteiger partial charge in [0.15, 0.2) is 18.0 Å². The van der Waals surface area contributed by atoms with Gasteiger partial charge in [-0.05, 0) is 36.1 Å². The summed E-state index contributed by atoms with van der Waals surface area (Å²) in [5.41, 5.74) is 5.51. The van der Waals surface area contributed by atoms with Gasteiger partial charge < -0.3 is 28.4 Å². The van der Waals surface area contributed by atoms with E-state index in [0.717, 1.165) is 33.2 Å². The number of oxazole rings is 1. The standard InChI is InChI=1S/C15H15ClN2O2.C15H15FN2O2/c1-9(2)13-6-10-5-12(16)15(7-14(10)17-13)19-8-11-3-4-20-18-11;1-9(2)13-4-10-3-12(16)15(5-14(10)18-13)20-7-11-6-19-8-17-11/h3-7,9,17H,8H2,1-2H3;3-6,8-9,18H,7H2,1-2H3. The zero-order valence-corrected chi connectivity index (χ0v) is 23.4. The number of ether oxygens (including phenoxy) is 2. The molecule has 10 heteroatoms. The maximum Gasteiger partial charge on any atom is 0.180 e. The van der Waals surface area contributed by atoms with Gasteiger partial charge in [0.1, 0.15) is 42.9 Å². The van der Waals surface area contributed by atoms with Crippen molar-refractivity contribution in [3.8, 4) is 11.5 Å². The van der Waals surface area contributed by atoms with E-state index >= 15 is 0 Å². The average Bonchev–Trinajstić information content (AvgIpc) is 3.73. The van der Waals surface area contributed by atoms with E-state index in [1.165, 1.54) is 30.7 Å². The molecule has 4 aromatic heterocycles. The number of H-pyrrole nitrogens is 2. The molecule has 0 radical (unpaired) electrons. The summed E-state index contributed by atoms with van der Waals surface area (Å²) in [4.78, 5) is 10.6. The third-order valence-corrected chi connectivity index (χ3v) is 6.65. The van der Waals surface area contributed by atoms with Crippen LogP contribution in [0.15, 0.2) is 70.3 Å². The first-order valence-corrected chi connectivity index (χ1v) is 13.3. The molecular weight excluding hydrogens is 535 g/mol. The van der Waals surface area contributed by atoms with Crippen LogP contribution in [0.2, 0.25) is 5.02 Å². The molecule has 0 aliphatic heterocycles. The normalized spacial score (nSPS) is 11.4. The molecule has 6 aromatic rings. The van der Waals surface area contributed by atoms with Crippen molar-refractivity contribution >= 4 is 33.4 Å². The van der Waals surface area contributed by atoms with Crippen LogP contribution < -0.4 is 9.47 Å². The van der Waals surface area contributed by atoms with Gasteiger partial charge in [-0.1, -0.05) is 44.5 Å². The predicted molar refractivity (Wildman–Crippen MR) is 151 cm³/mol. The second kappa shape index (κ2) is 11.9. The van der Waals surface area contributed by atoms with E-state index in [0.29, 0.717) is 34.9 Å². The first kappa shape index (κ1) is 27.3. The number of halogens is 2. The maximum atomic E-state index is 14.0. The van der Waals surface area contributed by atoms with Gasteiger partial charge in [0, 0.05) is 51.4 Å². The number of fused-ring (bicyclic) bond motifs is 2. The highest BCUT2D eigenvalue weighted by Gasteiger charge is 2.12. The van der Waals surface area contributed by atoms with Crippen LogP contribution in [0, 0.1) is 5.82 Å². The number of aromatic amines is 2. The summed E-state index contributed by atoms with van der Waals surface area (Å²) >= 11 is 6.25. The Morgan fingerprint density at radius 1 is 0.850 bits per heavy atom. The Labute approximate surface area is 235 Å². The summed E-state index contributed by atoms with van der Waals surface area (Å²) < 4.78 is 34.7. The van der Waals surface area contributed by atoms with Crippen LogP contribution in [0.4, 0.5) is 4.39 Å². The number of rotatable bonds is 8. The smallest absolute Gasteiger partial charge is 0.180 e. The fourth-order valence-corrected chi connectivity index (χ4v) is 4.31. The summed E-state index contributed by atoms with van der Waals surface area (Å²) in [7, 11) is 0. The Morgan fingerprint density at radius 2 is 1.48 bits per heavy atom. The van der Waals surface area contributed by atoms with Gasteiger partial charge in [-0.3, -0.25) is 0 Å². The fourth-order valence-electron chi connectivity index (χ4n) is 4.08. The SMILES string of the molecule is CC(C)c1cc2cc(Cl)c(OCc3ccon3)cc2[nH]1.CC(C)c1cc2cc(F)c(OCc3cocn3)cc2[nH]1. The molecule has 2 N–H and O–H groups in total. The number of hydrogen-bond donors (Lipinski definition) is 2. The lowest BCUT2D eigenvalue weighted by Gasteiger charge is -2.06. The van der Waals surface area contributed by atoms with Crippen molar-refractivity contribution in [3.63, 3.8) is 0 Å². The van der Waals surface area contributed by atoms with E-state index in [2.05, 4.69) is 53.9 Å². The molecule has 208 valence electrons. The van der Waals surface area contributed by atoms with Crippen molar-refractivity contribution in [2.24, 2.45) is 0 Å². The van der Waals surface area contributed by atoms with E-state index in [4.69, 9.17) is 30.0 Å². The third-order valence-electron chi connectivity index (χ3n) is 6.36. The van der Waals surface area contributed by atoms with Crippen LogP contribution in [0.1, 0.15) is 62.3 Å². The highest BCUT2D eigenvalue weighted by atomic mass is 35.5. The molecule has 0 bridgehead atoms. The Balaban J connectivity index is 0.000000161. The lowest BCUT2D eigenvalue weighted by molar-refractivity contribution is 0.286. The van der Waals surface area contributed by atoms with E-state index in [9.17, 15) is 4.39 Å². The predicted octanol–water partition coefficient (Wildman–Crippen LogP) is 8.51. The van der Waals surface area contributed by atoms with Crippen LogP contribution in [0.3, 0.4) is 0 Å². The number of nitrogens with zero attached hydrogens (tertiary/aromatic N) is 2. The van der Waals surface area contributed by atoms with Crippen molar-refractivity contribution in [2.75, 3.05) is 0 Å². The molecule has 8 nitrogen and oxygen atoms in total. The zero-order valence-electron chi connectivity index (χ0n) is 22.6. The van der Waals surface area contributed by atoms with Crippen LogP contribution in [0.25, 0.3) is 21.8 Å². The molecule has 6 rings (SSSR count). The largest absolute Gasteiger partial charge is 0.486 e. The minimum Gasteiger partial charge on any atom is -0.486 e. The molecule has 0 atom stereocenters. The highest BCUT2D eigenvalue weighted by molar-refractivity contribution is 6.32. The molecule has 0 amide bonds. The second-order valence-electron chi connectivity index (χ2n) is 10.0. The molecule has 0 aliphatic carbocycles. The Kier molecular flexibility index (Phi) is 8.11. The van der Waals surface area contributed by atoms with Gasteiger partial charge in [0.2, 0.25) is 0 Å². The monoisotopic (exact) mass is 564 g/mol. The Hall–Kier alpha value is -4.24. The summed E-state index contributed by atoms with van der Waals surface area (Å²) in [5, 5.41) is 6.33. The van der Waals surface area contributed by atoms with Gasteiger partial charge in [-0.15, -0.1) is 0 Å². The van der Waals surface area contributed by atoms with Crippen molar-refractivity contribution < 1.29 is 22.8 Å². The second-order valence-corrected chi connectivity index (χ2v) is 10.5. The lowest BCUT2D eigenvalue weighted by Crippen LogP contribution is -1.97.